The lowest BCUT2D eigenvalue weighted by Crippen LogP contribution is -2.21. The van der Waals surface area contributed by atoms with Crippen LogP contribution in [0.15, 0.2) is 18.2 Å². The molecular formula is C16H27NO2. The van der Waals surface area contributed by atoms with Gasteiger partial charge in [0.15, 0.2) is 11.5 Å². The number of hydrogen-bond acceptors (Lipinski definition) is 3. The molecule has 0 bridgehead atoms. The summed E-state index contributed by atoms with van der Waals surface area (Å²) >= 11 is 0. The van der Waals surface area contributed by atoms with Gasteiger partial charge in [-0.2, -0.15) is 0 Å². The number of unbranched alkanes of at least 4 members (excludes halogenated alkanes) is 1. The average molecular weight is 265 g/mol. The first-order chi connectivity index (χ1) is 9.26. The maximum absolute atomic E-state index is 5.55. The second kappa shape index (κ2) is 8.81. The molecule has 3 heteroatoms. The first kappa shape index (κ1) is 15.8. The number of benzene rings is 1. The van der Waals surface area contributed by atoms with Crippen LogP contribution in [0.3, 0.4) is 0 Å². The molecule has 1 aromatic carbocycles. The molecule has 0 unspecified atom stereocenters. The van der Waals surface area contributed by atoms with Gasteiger partial charge in [0.2, 0.25) is 0 Å². The Morgan fingerprint density at radius 3 is 2.53 bits per heavy atom. The van der Waals surface area contributed by atoms with Gasteiger partial charge in [-0.05, 0) is 44.0 Å². The van der Waals surface area contributed by atoms with Crippen LogP contribution < -0.4 is 14.8 Å². The maximum Gasteiger partial charge on any atom is 0.161 e. The molecule has 0 radical (unpaired) electrons. The van der Waals surface area contributed by atoms with Crippen molar-refractivity contribution in [3.8, 4) is 11.5 Å². The summed E-state index contributed by atoms with van der Waals surface area (Å²) in [7, 11) is 1.69. The molecule has 0 amide bonds. The zero-order valence-electron chi connectivity index (χ0n) is 12.7. The molecule has 0 saturated heterocycles. The van der Waals surface area contributed by atoms with Gasteiger partial charge in [0, 0.05) is 6.04 Å². The SMILES string of the molecule is CCCCN[C@H](CC)c1ccc(OCC)c(OC)c1. The third kappa shape index (κ3) is 4.75. The first-order valence-electron chi connectivity index (χ1n) is 7.30. The Labute approximate surface area is 117 Å². The summed E-state index contributed by atoms with van der Waals surface area (Å²) < 4.78 is 11.0. The van der Waals surface area contributed by atoms with E-state index in [4.69, 9.17) is 9.47 Å². The van der Waals surface area contributed by atoms with Gasteiger partial charge < -0.3 is 14.8 Å². The van der Waals surface area contributed by atoms with Crippen LogP contribution in [0.1, 0.15) is 51.6 Å². The van der Waals surface area contributed by atoms with E-state index in [0.717, 1.165) is 24.5 Å². The monoisotopic (exact) mass is 265 g/mol. The molecule has 1 N–H and O–H groups in total. The highest BCUT2D eigenvalue weighted by Crippen LogP contribution is 2.31. The van der Waals surface area contributed by atoms with Gasteiger partial charge in [-0.25, -0.2) is 0 Å². The molecular weight excluding hydrogens is 238 g/mol. The number of hydrogen-bond donors (Lipinski definition) is 1. The third-order valence-corrected chi connectivity index (χ3v) is 3.22. The minimum Gasteiger partial charge on any atom is -0.493 e. The van der Waals surface area contributed by atoms with E-state index in [2.05, 4.69) is 31.3 Å². The summed E-state index contributed by atoms with van der Waals surface area (Å²) in [6.45, 7) is 8.11. The summed E-state index contributed by atoms with van der Waals surface area (Å²) in [5.74, 6) is 1.63. The average Bonchev–Trinajstić information content (AvgIpc) is 2.45. The highest BCUT2D eigenvalue weighted by molar-refractivity contribution is 5.43. The quantitative estimate of drug-likeness (QED) is 0.686. The van der Waals surface area contributed by atoms with Gasteiger partial charge in [-0.15, -0.1) is 0 Å². The van der Waals surface area contributed by atoms with Crippen LogP contribution in [0.25, 0.3) is 0 Å². The minimum absolute atomic E-state index is 0.385. The van der Waals surface area contributed by atoms with E-state index in [-0.39, 0.29) is 0 Å². The molecule has 0 heterocycles. The van der Waals surface area contributed by atoms with Crippen molar-refractivity contribution < 1.29 is 9.47 Å². The van der Waals surface area contributed by atoms with Crippen LogP contribution in [-0.4, -0.2) is 20.3 Å². The van der Waals surface area contributed by atoms with E-state index >= 15 is 0 Å². The van der Waals surface area contributed by atoms with Crippen molar-refractivity contribution in [1.29, 1.82) is 0 Å². The Morgan fingerprint density at radius 1 is 1.16 bits per heavy atom. The van der Waals surface area contributed by atoms with E-state index in [9.17, 15) is 0 Å². The van der Waals surface area contributed by atoms with E-state index in [0.29, 0.717) is 12.6 Å². The highest BCUT2D eigenvalue weighted by Gasteiger charge is 2.12. The fraction of sp³-hybridized carbons (Fsp3) is 0.625. The van der Waals surface area contributed by atoms with Crippen molar-refractivity contribution in [3.05, 3.63) is 23.8 Å². The first-order valence-corrected chi connectivity index (χ1v) is 7.30. The number of methoxy groups -OCH3 is 1. The van der Waals surface area contributed by atoms with E-state index in [1.807, 2.05) is 13.0 Å². The van der Waals surface area contributed by atoms with Crippen LogP contribution in [-0.2, 0) is 0 Å². The zero-order chi connectivity index (χ0) is 14.1. The Bertz CT molecular complexity index is 366. The summed E-state index contributed by atoms with van der Waals surface area (Å²) in [5.41, 5.74) is 1.26. The smallest absolute Gasteiger partial charge is 0.161 e. The van der Waals surface area contributed by atoms with Gasteiger partial charge >= 0.3 is 0 Å². The standard InChI is InChI=1S/C16H27NO2/c1-5-8-11-17-14(6-2)13-9-10-15(19-7-3)16(12-13)18-4/h9-10,12,14,17H,5-8,11H2,1-4H3/t14-/m1/s1. The van der Waals surface area contributed by atoms with Gasteiger partial charge in [-0.3, -0.25) is 0 Å². The largest absolute Gasteiger partial charge is 0.493 e. The molecule has 0 aliphatic rings. The molecule has 0 aromatic heterocycles. The molecule has 1 aromatic rings. The zero-order valence-corrected chi connectivity index (χ0v) is 12.7. The van der Waals surface area contributed by atoms with E-state index in [1.54, 1.807) is 7.11 Å². The normalized spacial score (nSPS) is 12.2. The van der Waals surface area contributed by atoms with Gasteiger partial charge in [-0.1, -0.05) is 26.3 Å². The number of rotatable bonds is 9. The molecule has 1 rings (SSSR count). The summed E-state index contributed by atoms with van der Waals surface area (Å²) in [5, 5.41) is 3.59. The highest BCUT2D eigenvalue weighted by atomic mass is 16.5. The van der Waals surface area contributed by atoms with Crippen LogP contribution in [0, 0.1) is 0 Å². The Hall–Kier alpha value is -1.22. The molecule has 0 spiro atoms. The van der Waals surface area contributed by atoms with Crippen molar-refractivity contribution in [2.75, 3.05) is 20.3 Å². The van der Waals surface area contributed by atoms with Gasteiger partial charge in [0.05, 0.1) is 13.7 Å². The van der Waals surface area contributed by atoms with Gasteiger partial charge in [0.25, 0.3) is 0 Å². The van der Waals surface area contributed by atoms with Gasteiger partial charge in [0.1, 0.15) is 0 Å². The Kier molecular flexibility index (Phi) is 7.34. The Morgan fingerprint density at radius 2 is 1.95 bits per heavy atom. The van der Waals surface area contributed by atoms with Crippen molar-refractivity contribution in [2.45, 2.75) is 46.1 Å². The molecule has 0 aliphatic heterocycles. The predicted molar refractivity (Wildman–Crippen MR) is 80.1 cm³/mol. The predicted octanol–water partition coefficient (Wildman–Crippen LogP) is 3.93. The number of ether oxygens (including phenoxy) is 2. The molecule has 0 saturated carbocycles. The fourth-order valence-electron chi connectivity index (χ4n) is 2.13. The van der Waals surface area contributed by atoms with Crippen molar-refractivity contribution in [1.82, 2.24) is 5.32 Å². The van der Waals surface area contributed by atoms with Crippen LogP contribution in [0.5, 0.6) is 11.5 Å². The van der Waals surface area contributed by atoms with Crippen molar-refractivity contribution in [3.63, 3.8) is 0 Å². The minimum atomic E-state index is 0.385. The maximum atomic E-state index is 5.55. The lowest BCUT2D eigenvalue weighted by atomic mass is 10.0. The lowest BCUT2D eigenvalue weighted by Gasteiger charge is -2.19. The van der Waals surface area contributed by atoms with E-state index in [1.165, 1.54) is 18.4 Å². The molecule has 19 heavy (non-hydrogen) atoms. The van der Waals surface area contributed by atoms with Crippen molar-refractivity contribution >= 4 is 0 Å². The topological polar surface area (TPSA) is 30.5 Å². The molecule has 1 atom stereocenters. The third-order valence-electron chi connectivity index (χ3n) is 3.22. The molecule has 0 fully saturated rings. The number of nitrogens with one attached hydrogen (secondary N) is 1. The second-order valence-electron chi connectivity index (χ2n) is 4.61. The molecule has 0 aliphatic carbocycles. The van der Waals surface area contributed by atoms with Crippen LogP contribution in [0.4, 0.5) is 0 Å². The summed E-state index contributed by atoms with van der Waals surface area (Å²) in [4.78, 5) is 0. The fourth-order valence-corrected chi connectivity index (χ4v) is 2.13. The van der Waals surface area contributed by atoms with Crippen LogP contribution in [0.2, 0.25) is 0 Å². The molecule has 3 nitrogen and oxygen atoms in total. The molecule has 108 valence electrons. The van der Waals surface area contributed by atoms with Crippen LogP contribution >= 0.6 is 0 Å². The summed E-state index contributed by atoms with van der Waals surface area (Å²) in [6.07, 6.45) is 3.50. The van der Waals surface area contributed by atoms with E-state index < -0.39 is 0 Å². The second-order valence-corrected chi connectivity index (χ2v) is 4.61. The van der Waals surface area contributed by atoms with Crippen molar-refractivity contribution in [2.24, 2.45) is 0 Å². The lowest BCUT2D eigenvalue weighted by molar-refractivity contribution is 0.310. The Balaban J connectivity index is 2.80. The summed E-state index contributed by atoms with van der Waals surface area (Å²) in [6, 6.07) is 6.59.